The van der Waals surface area contributed by atoms with Crippen LogP contribution in [0, 0.1) is 0 Å². The Bertz CT molecular complexity index is 3220. The zero-order chi connectivity index (χ0) is 42.0. The van der Waals surface area contributed by atoms with E-state index in [4.69, 9.17) is 9.47 Å². The number of fused-ring (bicyclic) bond motifs is 8. The van der Waals surface area contributed by atoms with Crippen LogP contribution < -0.4 is 9.47 Å². The fourth-order valence-electron chi connectivity index (χ4n) is 11.1. The van der Waals surface area contributed by atoms with Crippen LogP contribution in [0.5, 0.6) is 11.5 Å². The molecular formula is C56H46N4O2. The third-order valence-electron chi connectivity index (χ3n) is 14.5. The Kier molecular flexibility index (Phi) is 8.08. The maximum atomic E-state index is 5.65. The minimum atomic E-state index is 0.198. The fourth-order valence-corrected chi connectivity index (χ4v) is 11.1. The molecule has 6 nitrogen and oxygen atoms in total. The summed E-state index contributed by atoms with van der Waals surface area (Å²) in [4.78, 5) is 9.33. The van der Waals surface area contributed by atoms with Gasteiger partial charge in [0, 0.05) is 33.9 Å². The summed E-state index contributed by atoms with van der Waals surface area (Å²) >= 11 is 0. The van der Waals surface area contributed by atoms with Gasteiger partial charge in [0.05, 0.1) is 60.1 Å². The smallest absolute Gasteiger partial charge is 0.119 e. The van der Waals surface area contributed by atoms with Gasteiger partial charge in [-0.05, 0) is 164 Å². The van der Waals surface area contributed by atoms with E-state index in [0.717, 1.165) is 34.0 Å². The van der Waals surface area contributed by atoms with Gasteiger partial charge in [-0.2, -0.15) is 0 Å². The second-order valence-corrected chi connectivity index (χ2v) is 17.5. The van der Waals surface area contributed by atoms with Gasteiger partial charge >= 0.3 is 0 Å². The number of aromatic nitrogens is 4. The van der Waals surface area contributed by atoms with E-state index >= 15 is 0 Å². The maximum absolute atomic E-state index is 5.65. The van der Waals surface area contributed by atoms with Crippen molar-refractivity contribution in [3.63, 3.8) is 0 Å². The normalized spacial score (nSPS) is 17.8. The van der Waals surface area contributed by atoms with Gasteiger partial charge < -0.3 is 18.6 Å². The first-order valence-electron chi connectivity index (χ1n) is 21.7. The lowest BCUT2D eigenvalue weighted by Gasteiger charge is -2.42. The van der Waals surface area contributed by atoms with Crippen LogP contribution in [0.25, 0.3) is 88.4 Å². The lowest BCUT2D eigenvalue weighted by molar-refractivity contribution is 0.415. The summed E-state index contributed by atoms with van der Waals surface area (Å²) in [7, 11) is 3.46. The van der Waals surface area contributed by atoms with E-state index in [2.05, 4.69) is 156 Å². The van der Waals surface area contributed by atoms with Crippen molar-refractivity contribution in [2.24, 2.45) is 0 Å². The van der Waals surface area contributed by atoms with E-state index in [1.165, 1.54) is 88.1 Å². The standard InChI is InChI=1S/C56H46N4O2/c1-31-32(2)44-28-48-46-26-38(36-12-8-16-42(24-36)62-6)18-20-50(46)60(40-14-10-22-58-30-40)56(48)52-34(4)33(3)51-53(54(44)52)43(31)27-47-45-25-37(35-11-7-15-41(23-35)61-5)17-19-49(45)59(55(47)51)39-13-9-21-57-29-39/h7-34H,1-6H3. The van der Waals surface area contributed by atoms with Gasteiger partial charge in [0.2, 0.25) is 0 Å². The number of rotatable bonds is 6. The number of methoxy groups -OCH3 is 2. The molecule has 0 fully saturated rings. The second kappa shape index (κ2) is 13.7. The Morgan fingerprint density at radius 1 is 0.435 bits per heavy atom. The third-order valence-corrected chi connectivity index (χ3v) is 14.5. The first-order valence-corrected chi connectivity index (χ1v) is 21.7. The average Bonchev–Trinajstić information content (AvgIpc) is 3.83. The first kappa shape index (κ1) is 36.7. The highest BCUT2D eigenvalue weighted by Crippen LogP contribution is 2.61. The molecule has 0 spiro atoms. The summed E-state index contributed by atoms with van der Waals surface area (Å²) in [5.74, 6) is 2.70. The predicted octanol–water partition coefficient (Wildman–Crippen LogP) is 14.1. The quantitative estimate of drug-likeness (QED) is 0.168. The Morgan fingerprint density at radius 2 is 0.871 bits per heavy atom. The second-order valence-electron chi connectivity index (χ2n) is 17.5. The molecule has 12 rings (SSSR count). The number of nitrogens with zero attached hydrogens (tertiary/aromatic N) is 4. The van der Waals surface area contributed by atoms with Crippen LogP contribution in [-0.4, -0.2) is 33.3 Å². The zero-order valence-corrected chi connectivity index (χ0v) is 35.8. The number of hydrogen-bond donors (Lipinski definition) is 0. The Balaban J connectivity index is 1.21. The van der Waals surface area contributed by atoms with Crippen molar-refractivity contribution in [3.05, 3.63) is 168 Å². The van der Waals surface area contributed by atoms with Crippen LogP contribution in [0.15, 0.2) is 146 Å². The molecule has 0 amide bonds. The van der Waals surface area contributed by atoms with Crippen LogP contribution >= 0.6 is 0 Å². The number of benzene rings is 6. The highest BCUT2D eigenvalue weighted by atomic mass is 16.5. The zero-order valence-electron chi connectivity index (χ0n) is 35.8. The molecule has 0 radical (unpaired) electrons. The largest absolute Gasteiger partial charge is 0.497 e. The third kappa shape index (κ3) is 5.10. The molecule has 2 aliphatic carbocycles. The Hall–Kier alpha value is -7.18. The molecule has 10 aromatic rings. The number of pyridine rings is 2. The lowest BCUT2D eigenvalue weighted by atomic mass is 9.62. The van der Waals surface area contributed by atoms with Crippen LogP contribution in [0.1, 0.15) is 73.6 Å². The van der Waals surface area contributed by atoms with E-state index < -0.39 is 0 Å². The first-order chi connectivity index (χ1) is 30.3. The highest BCUT2D eigenvalue weighted by Gasteiger charge is 2.42. The molecule has 2 aliphatic rings. The van der Waals surface area contributed by atoms with Crippen molar-refractivity contribution in [2.75, 3.05) is 14.2 Å². The van der Waals surface area contributed by atoms with Gasteiger partial charge in [-0.1, -0.05) is 64.1 Å². The summed E-state index contributed by atoms with van der Waals surface area (Å²) in [5, 5.41) is 5.09. The van der Waals surface area contributed by atoms with Crippen LogP contribution in [0.2, 0.25) is 0 Å². The maximum Gasteiger partial charge on any atom is 0.119 e. The topological polar surface area (TPSA) is 54.1 Å². The summed E-state index contributed by atoms with van der Waals surface area (Å²) in [6.07, 6.45) is 7.76. The van der Waals surface area contributed by atoms with Crippen molar-refractivity contribution < 1.29 is 9.47 Å². The van der Waals surface area contributed by atoms with Crippen molar-refractivity contribution >= 4 is 43.6 Å². The summed E-state index contributed by atoms with van der Waals surface area (Å²) < 4.78 is 16.3. The van der Waals surface area contributed by atoms with Crippen LogP contribution in [0.4, 0.5) is 0 Å². The molecule has 62 heavy (non-hydrogen) atoms. The van der Waals surface area contributed by atoms with Crippen LogP contribution in [-0.2, 0) is 0 Å². The predicted molar refractivity (Wildman–Crippen MR) is 254 cm³/mol. The van der Waals surface area contributed by atoms with Crippen molar-refractivity contribution in [3.8, 4) is 56.3 Å². The fraction of sp³-hybridized carbons (Fsp3) is 0.179. The molecule has 4 atom stereocenters. The SMILES string of the molecule is COc1cccc(-c2ccc3c(c2)c2cc4c5c(c2n3-c2cccnc2)C(C)C(C)c2c-5c(cc3c5cc(-c6cccc(OC)c6)ccc5n(-c5cccnc5)c23)C(C)C4C)c1. The molecule has 0 saturated carbocycles. The molecule has 0 aliphatic heterocycles. The molecule has 6 aromatic carbocycles. The van der Waals surface area contributed by atoms with Gasteiger partial charge in [0.15, 0.2) is 0 Å². The molecule has 4 heterocycles. The molecule has 6 heteroatoms. The molecule has 4 aromatic heterocycles. The molecule has 0 N–H and O–H groups in total. The Morgan fingerprint density at radius 3 is 1.27 bits per heavy atom. The number of hydrogen-bond acceptors (Lipinski definition) is 4. The van der Waals surface area contributed by atoms with Crippen LogP contribution in [0.3, 0.4) is 0 Å². The summed E-state index contributed by atoms with van der Waals surface area (Å²) in [5.41, 5.74) is 20.3. The highest BCUT2D eigenvalue weighted by molar-refractivity contribution is 6.17. The van der Waals surface area contributed by atoms with Crippen molar-refractivity contribution in [2.45, 2.75) is 51.4 Å². The molecule has 0 bridgehead atoms. The van der Waals surface area contributed by atoms with E-state index in [1.54, 1.807) is 14.2 Å². The van der Waals surface area contributed by atoms with E-state index in [9.17, 15) is 0 Å². The van der Waals surface area contributed by atoms with Crippen molar-refractivity contribution in [1.29, 1.82) is 0 Å². The van der Waals surface area contributed by atoms with E-state index in [-0.39, 0.29) is 11.8 Å². The molecule has 4 unspecified atom stereocenters. The lowest BCUT2D eigenvalue weighted by Crippen LogP contribution is -2.24. The summed E-state index contributed by atoms with van der Waals surface area (Å²) in [6, 6.07) is 44.3. The minimum absolute atomic E-state index is 0.198. The Labute approximate surface area is 361 Å². The van der Waals surface area contributed by atoms with E-state index in [1.807, 2.05) is 36.9 Å². The minimum Gasteiger partial charge on any atom is -0.497 e. The van der Waals surface area contributed by atoms with Gasteiger partial charge in [0.1, 0.15) is 11.5 Å². The average molecular weight is 807 g/mol. The molecule has 0 saturated heterocycles. The molecule has 302 valence electrons. The number of ether oxygens (including phenoxy) is 2. The van der Waals surface area contributed by atoms with Gasteiger partial charge in [-0.3, -0.25) is 9.97 Å². The van der Waals surface area contributed by atoms with Gasteiger partial charge in [-0.15, -0.1) is 0 Å². The van der Waals surface area contributed by atoms with Crippen molar-refractivity contribution in [1.82, 2.24) is 19.1 Å². The summed E-state index contributed by atoms with van der Waals surface area (Å²) in [6.45, 7) is 9.83. The molecular weight excluding hydrogens is 761 g/mol. The van der Waals surface area contributed by atoms with Gasteiger partial charge in [0.25, 0.3) is 0 Å². The van der Waals surface area contributed by atoms with E-state index in [0.29, 0.717) is 11.8 Å². The van der Waals surface area contributed by atoms with Gasteiger partial charge in [-0.25, -0.2) is 0 Å². The monoisotopic (exact) mass is 806 g/mol.